The number of hydrogen-bond donors (Lipinski definition) is 0. The van der Waals surface area contributed by atoms with E-state index in [1.807, 2.05) is 15.9 Å². The van der Waals surface area contributed by atoms with Crippen molar-refractivity contribution in [3.8, 4) is 0 Å². The molecule has 0 aromatic carbocycles. The predicted octanol–water partition coefficient (Wildman–Crippen LogP) is 2.69. The van der Waals surface area contributed by atoms with Gasteiger partial charge in [-0.2, -0.15) is 0 Å². The first-order valence-electron chi connectivity index (χ1n) is 7.87. The Morgan fingerprint density at radius 3 is 3.00 bits per heavy atom. The van der Waals surface area contributed by atoms with E-state index in [9.17, 15) is 9.59 Å². The molecule has 0 N–H and O–H groups in total. The molecule has 3 heterocycles. The number of carbonyl (C=O) groups is 2. The molecule has 1 aromatic heterocycles. The molecule has 3 aliphatic rings. The van der Waals surface area contributed by atoms with Crippen molar-refractivity contribution < 1.29 is 9.59 Å². The summed E-state index contributed by atoms with van der Waals surface area (Å²) < 4.78 is 0. The van der Waals surface area contributed by atoms with Gasteiger partial charge in [-0.05, 0) is 37.6 Å². The van der Waals surface area contributed by atoms with E-state index in [0.29, 0.717) is 19.0 Å². The lowest BCUT2D eigenvalue weighted by molar-refractivity contribution is -0.144. The smallest absolute Gasteiger partial charge is 0.246 e. The largest absolute Gasteiger partial charge is 0.333 e. The van der Waals surface area contributed by atoms with Gasteiger partial charge in [0.15, 0.2) is 0 Å². The molecule has 1 aliphatic carbocycles. The third-order valence-corrected chi connectivity index (χ3v) is 7.27. The minimum atomic E-state index is -0.259. The van der Waals surface area contributed by atoms with Gasteiger partial charge in [0.25, 0.3) is 0 Å². The van der Waals surface area contributed by atoms with Crippen molar-refractivity contribution in [2.45, 2.75) is 56.1 Å². The molecule has 2 aliphatic heterocycles. The van der Waals surface area contributed by atoms with Gasteiger partial charge in [-0.15, -0.1) is 23.1 Å². The Labute approximate surface area is 138 Å². The van der Waals surface area contributed by atoms with Crippen molar-refractivity contribution >= 4 is 34.9 Å². The molecule has 6 heteroatoms. The molecule has 1 aromatic rings. The minimum Gasteiger partial charge on any atom is -0.333 e. The maximum atomic E-state index is 13.1. The van der Waals surface area contributed by atoms with Gasteiger partial charge in [0, 0.05) is 23.1 Å². The number of hydrogen-bond acceptors (Lipinski definition) is 4. The third-order valence-electron chi connectivity index (χ3n) is 4.91. The van der Waals surface area contributed by atoms with Gasteiger partial charge in [0.05, 0.1) is 11.4 Å². The van der Waals surface area contributed by atoms with Crippen molar-refractivity contribution in [2.24, 2.45) is 0 Å². The Morgan fingerprint density at radius 1 is 1.50 bits per heavy atom. The zero-order valence-corrected chi connectivity index (χ0v) is 14.3. The lowest BCUT2D eigenvalue weighted by atomic mass is 10.2. The van der Waals surface area contributed by atoms with Crippen molar-refractivity contribution in [1.82, 2.24) is 9.80 Å². The molecule has 2 saturated heterocycles. The predicted molar refractivity (Wildman–Crippen MR) is 88.6 cm³/mol. The molecule has 0 bridgehead atoms. The molecule has 0 spiro atoms. The summed E-state index contributed by atoms with van der Waals surface area (Å²) in [5.74, 6) is 1.05. The van der Waals surface area contributed by atoms with E-state index in [2.05, 4.69) is 18.4 Å². The molecule has 1 saturated carbocycles. The number of thioether (sulfide) groups is 1. The lowest BCUT2D eigenvalue weighted by Gasteiger charge is -2.33. The van der Waals surface area contributed by atoms with Crippen molar-refractivity contribution in [1.29, 1.82) is 0 Å². The van der Waals surface area contributed by atoms with Crippen LogP contribution in [0.5, 0.6) is 0 Å². The van der Waals surface area contributed by atoms with Crippen LogP contribution >= 0.6 is 23.1 Å². The molecule has 2 atom stereocenters. The Bertz CT molecular complexity index is 599. The van der Waals surface area contributed by atoms with Gasteiger partial charge in [-0.1, -0.05) is 6.07 Å². The van der Waals surface area contributed by atoms with Crippen LogP contribution in [0.15, 0.2) is 17.5 Å². The van der Waals surface area contributed by atoms with Crippen LogP contribution in [0.1, 0.15) is 37.5 Å². The Balaban J connectivity index is 1.55. The normalized spacial score (nSPS) is 30.7. The zero-order valence-electron chi connectivity index (χ0n) is 12.7. The summed E-state index contributed by atoms with van der Waals surface area (Å²) >= 11 is 3.47. The molecular weight excluding hydrogens is 316 g/mol. The average molecular weight is 336 g/mol. The van der Waals surface area contributed by atoms with E-state index < -0.39 is 0 Å². The van der Waals surface area contributed by atoms with Gasteiger partial charge >= 0.3 is 0 Å². The summed E-state index contributed by atoms with van der Waals surface area (Å²) in [4.78, 5) is 30.3. The first kappa shape index (κ1) is 14.6. The van der Waals surface area contributed by atoms with Crippen LogP contribution < -0.4 is 0 Å². The van der Waals surface area contributed by atoms with E-state index >= 15 is 0 Å². The lowest BCUT2D eigenvalue weighted by Crippen LogP contribution is -2.51. The van der Waals surface area contributed by atoms with E-state index in [1.54, 1.807) is 23.1 Å². The van der Waals surface area contributed by atoms with Crippen LogP contribution in [0.3, 0.4) is 0 Å². The molecule has 4 rings (SSSR count). The minimum absolute atomic E-state index is 0.151. The molecule has 0 radical (unpaired) electrons. The summed E-state index contributed by atoms with van der Waals surface area (Å²) in [6.45, 7) is 2.80. The van der Waals surface area contributed by atoms with Gasteiger partial charge in [-0.25, -0.2) is 0 Å². The molecule has 2 amide bonds. The summed E-state index contributed by atoms with van der Waals surface area (Å²) in [5, 5.41) is 2.05. The SMILES string of the molecule is CC12CCC(=O)N1C(C(=O)N(Cc1cccs1)C1CC1)CS2. The number of amides is 2. The van der Waals surface area contributed by atoms with Crippen LogP contribution in [0.2, 0.25) is 0 Å². The van der Waals surface area contributed by atoms with Gasteiger partial charge in [0.2, 0.25) is 11.8 Å². The standard InChI is InChI=1S/C16H20N2O2S2/c1-16-7-6-14(19)18(16)13(10-22-16)15(20)17(11-4-5-11)9-12-3-2-8-21-12/h2-3,8,11,13H,4-7,9-10H2,1H3. The highest BCUT2D eigenvalue weighted by atomic mass is 32.2. The number of fused-ring (bicyclic) bond motifs is 1. The van der Waals surface area contributed by atoms with E-state index in [1.165, 1.54) is 4.88 Å². The first-order valence-corrected chi connectivity index (χ1v) is 9.74. The number of thiophene rings is 1. The van der Waals surface area contributed by atoms with Crippen LogP contribution in [0, 0.1) is 0 Å². The maximum Gasteiger partial charge on any atom is 0.246 e. The highest BCUT2D eigenvalue weighted by Gasteiger charge is 2.54. The first-order chi connectivity index (χ1) is 10.6. The quantitative estimate of drug-likeness (QED) is 0.849. The topological polar surface area (TPSA) is 40.6 Å². The van der Waals surface area contributed by atoms with Crippen molar-refractivity contribution in [3.05, 3.63) is 22.4 Å². The van der Waals surface area contributed by atoms with Crippen molar-refractivity contribution in [2.75, 3.05) is 5.75 Å². The van der Waals surface area contributed by atoms with Gasteiger partial charge < -0.3 is 9.80 Å². The number of carbonyl (C=O) groups excluding carboxylic acids is 2. The number of rotatable bonds is 4. The van der Waals surface area contributed by atoms with E-state index in [-0.39, 0.29) is 22.7 Å². The van der Waals surface area contributed by atoms with Crippen LogP contribution in [-0.4, -0.2) is 44.3 Å². The van der Waals surface area contributed by atoms with Gasteiger partial charge in [-0.3, -0.25) is 9.59 Å². The summed E-state index contributed by atoms with van der Waals surface area (Å²) in [5.41, 5.74) is 0. The van der Waals surface area contributed by atoms with E-state index in [4.69, 9.17) is 0 Å². The second-order valence-corrected chi connectivity index (χ2v) is 9.08. The van der Waals surface area contributed by atoms with E-state index in [0.717, 1.165) is 25.0 Å². The average Bonchev–Trinajstić information content (AvgIpc) is 2.96. The molecule has 4 nitrogen and oxygen atoms in total. The van der Waals surface area contributed by atoms with Crippen LogP contribution in [0.4, 0.5) is 0 Å². The van der Waals surface area contributed by atoms with Crippen LogP contribution in [-0.2, 0) is 16.1 Å². The second kappa shape index (κ2) is 5.27. The Hall–Kier alpha value is -1.01. The fraction of sp³-hybridized carbons (Fsp3) is 0.625. The fourth-order valence-corrected chi connectivity index (χ4v) is 5.66. The Kier molecular flexibility index (Phi) is 3.49. The van der Waals surface area contributed by atoms with Crippen molar-refractivity contribution in [3.63, 3.8) is 0 Å². The van der Waals surface area contributed by atoms with Crippen LogP contribution in [0.25, 0.3) is 0 Å². The zero-order chi connectivity index (χ0) is 15.3. The monoisotopic (exact) mass is 336 g/mol. The highest BCUT2D eigenvalue weighted by molar-refractivity contribution is 8.01. The summed E-state index contributed by atoms with van der Waals surface area (Å²) in [6.07, 6.45) is 3.65. The molecular formula is C16H20N2O2S2. The number of nitrogens with zero attached hydrogens (tertiary/aromatic N) is 2. The summed E-state index contributed by atoms with van der Waals surface area (Å²) in [7, 11) is 0. The molecule has 22 heavy (non-hydrogen) atoms. The van der Waals surface area contributed by atoms with Gasteiger partial charge in [0.1, 0.15) is 6.04 Å². The molecule has 118 valence electrons. The molecule has 2 unspecified atom stereocenters. The summed E-state index contributed by atoms with van der Waals surface area (Å²) in [6, 6.07) is 4.24. The fourth-order valence-electron chi connectivity index (χ4n) is 3.54. The maximum absolute atomic E-state index is 13.1. The second-order valence-electron chi connectivity index (χ2n) is 6.54. The Morgan fingerprint density at radius 2 is 2.32 bits per heavy atom. The molecule has 3 fully saturated rings. The third kappa shape index (κ3) is 2.36. The highest BCUT2D eigenvalue weighted by Crippen LogP contribution is 2.48.